The number of carbonyl (C=O) groups excluding carboxylic acids is 3. The van der Waals surface area contributed by atoms with Crippen molar-refractivity contribution >= 4 is 47.2 Å². The highest BCUT2D eigenvalue weighted by Crippen LogP contribution is 2.19. The number of hydrogen-bond acceptors (Lipinski definition) is 8. The smallest absolute Gasteiger partial charge is 0.326 e. The standard InChI is InChI=1S/C23H34N6O6S/c24-8-4-3-7-17(23(34)35)27-21(32)18(9-13-10-26-16-6-2-1-5-14(13)16)28-22(33)19(12-36)29-20(31)15(25)11-30/h1-2,5-6,10,15,17-19,26,30,36H,3-4,7-9,11-12,24-25H2,(H,27,32)(H,28,33)(H,29,31)(H,34,35). The van der Waals surface area contributed by atoms with E-state index in [1.807, 2.05) is 24.3 Å². The first-order valence-electron chi connectivity index (χ1n) is 11.6. The van der Waals surface area contributed by atoms with Crippen molar-refractivity contribution in [2.75, 3.05) is 18.9 Å². The van der Waals surface area contributed by atoms with Crippen molar-refractivity contribution in [3.8, 4) is 0 Å². The molecule has 0 fully saturated rings. The topological polar surface area (TPSA) is 213 Å². The van der Waals surface area contributed by atoms with Crippen LogP contribution in [0.2, 0.25) is 0 Å². The zero-order valence-electron chi connectivity index (χ0n) is 19.8. The van der Waals surface area contributed by atoms with Crippen LogP contribution in [0.4, 0.5) is 0 Å². The number of unbranched alkanes of at least 4 members (excludes halogenated alkanes) is 1. The van der Waals surface area contributed by atoms with Gasteiger partial charge in [0.05, 0.1) is 6.61 Å². The number of fused-ring (bicyclic) bond motifs is 1. The van der Waals surface area contributed by atoms with E-state index in [1.54, 1.807) is 6.20 Å². The molecule has 36 heavy (non-hydrogen) atoms. The van der Waals surface area contributed by atoms with E-state index in [0.29, 0.717) is 19.4 Å². The van der Waals surface area contributed by atoms with E-state index in [0.717, 1.165) is 16.5 Å². The maximum absolute atomic E-state index is 13.2. The number of nitrogens with two attached hydrogens (primary N) is 2. The molecule has 1 aromatic heterocycles. The summed E-state index contributed by atoms with van der Waals surface area (Å²) in [5.74, 6) is -3.46. The van der Waals surface area contributed by atoms with Gasteiger partial charge in [0.15, 0.2) is 0 Å². The molecule has 2 aromatic rings. The molecule has 4 unspecified atom stereocenters. The third kappa shape index (κ3) is 8.22. The summed E-state index contributed by atoms with van der Waals surface area (Å²) in [6, 6.07) is 2.73. The van der Waals surface area contributed by atoms with Crippen molar-refractivity contribution in [1.29, 1.82) is 0 Å². The van der Waals surface area contributed by atoms with Gasteiger partial charge in [0.2, 0.25) is 17.7 Å². The first kappa shape index (κ1) is 29.1. The third-order valence-corrected chi connectivity index (χ3v) is 6.01. The maximum Gasteiger partial charge on any atom is 0.326 e. The van der Waals surface area contributed by atoms with Gasteiger partial charge in [-0.25, -0.2) is 4.79 Å². The van der Waals surface area contributed by atoms with Crippen LogP contribution in [0.3, 0.4) is 0 Å². The minimum absolute atomic E-state index is 0.0557. The summed E-state index contributed by atoms with van der Waals surface area (Å²) < 4.78 is 0. The first-order valence-corrected chi connectivity index (χ1v) is 12.2. The number of para-hydroxylation sites is 1. The Morgan fingerprint density at radius 1 is 0.972 bits per heavy atom. The van der Waals surface area contributed by atoms with Gasteiger partial charge >= 0.3 is 5.97 Å². The van der Waals surface area contributed by atoms with Gasteiger partial charge in [0, 0.05) is 29.3 Å². The molecule has 0 spiro atoms. The van der Waals surface area contributed by atoms with E-state index in [4.69, 9.17) is 16.6 Å². The summed E-state index contributed by atoms with van der Waals surface area (Å²) in [5.41, 5.74) is 12.5. The fourth-order valence-corrected chi connectivity index (χ4v) is 3.84. The number of aromatic amines is 1. The Morgan fingerprint density at radius 3 is 2.25 bits per heavy atom. The largest absolute Gasteiger partial charge is 0.480 e. The van der Waals surface area contributed by atoms with Crippen molar-refractivity contribution in [2.24, 2.45) is 11.5 Å². The van der Waals surface area contributed by atoms with E-state index in [9.17, 15) is 24.3 Å². The van der Waals surface area contributed by atoms with Crippen LogP contribution in [0.5, 0.6) is 0 Å². The molecule has 0 saturated carbocycles. The van der Waals surface area contributed by atoms with Crippen molar-refractivity contribution in [3.05, 3.63) is 36.0 Å². The van der Waals surface area contributed by atoms with E-state index in [1.165, 1.54) is 0 Å². The first-order chi connectivity index (χ1) is 17.2. The molecule has 3 amide bonds. The third-order valence-electron chi connectivity index (χ3n) is 5.64. The molecule has 4 atom stereocenters. The van der Waals surface area contributed by atoms with Crippen LogP contribution in [-0.4, -0.2) is 82.0 Å². The average molecular weight is 523 g/mol. The van der Waals surface area contributed by atoms with Gasteiger partial charge in [-0.3, -0.25) is 14.4 Å². The minimum Gasteiger partial charge on any atom is -0.480 e. The lowest BCUT2D eigenvalue weighted by Crippen LogP contribution is -2.58. The van der Waals surface area contributed by atoms with Gasteiger partial charge in [-0.15, -0.1) is 0 Å². The summed E-state index contributed by atoms with van der Waals surface area (Å²) in [7, 11) is 0. The number of nitrogens with one attached hydrogen (secondary N) is 4. The highest BCUT2D eigenvalue weighted by Gasteiger charge is 2.30. The molecule has 12 nitrogen and oxygen atoms in total. The number of hydrogen-bond donors (Lipinski definition) is 9. The number of aliphatic carboxylic acids is 1. The average Bonchev–Trinajstić information content (AvgIpc) is 3.28. The second-order valence-corrected chi connectivity index (χ2v) is 8.71. The van der Waals surface area contributed by atoms with E-state index < -0.39 is 54.5 Å². The highest BCUT2D eigenvalue weighted by molar-refractivity contribution is 7.80. The lowest BCUT2D eigenvalue weighted by atomic mass is 10.0. The number of thiol groups is 1. The number of aliphatic hydroxyl groups is 1. The Balaban J connectivity index is 2.25. The lowest BCUT2D eigenvalue weighted by molar-refractivity contribution is -0.142. The Labute approximate surface area is 214 Å². The van der Waals surface area contributed by atoms with Crippen LogP contribution in [0, 0.1) is 0 Å². The maximum atomic E-state index is 13.2. The van der Waals surface area contributed by atoms with Gasteiger partial charge in [-0.2, -0.15) is 12.6 Å². The molecule has 198 valence electrons. The molecule has 0 aliphatic rings. The van der Waals surface area contributed by atoms with Crippen LogP contribution < -0.4 is 27.4 Å². The minimum atomic E-state index is -1.23. The Morgan fingerprint density at radius 2 is 1.61 bits per heavy atom. The zero-order valence-corrected chi connectivity index (χ0v) is 20.7. The van der Waals surface area contributed by atoms with Crippen LogP contribution in [0.1, 0.15) is 24.8 Å². The number of H-pyrrole nitrogens is 1. The molecular weight excluding hydrogens is 488 g/mol. The van der Waals surface area contributed by atoms with Crippen molar-refractivity contribution in [3.63, 3.8) is 0 Å². The van der Waals surface area contributed by atoms with Crippen LogP contribution in [0.15, 0.2) is 30.5 Å². The Kier molecular flexibility index (Phi) is 11.7. The fourth-order valence-electron chi connectivity index (χ4n) is 3.58. The summed E-state index contributed by atoms with van der Waals surface area (Å²) in [4.78, 5) is 53.0. The molecule has 1 aromatic carbocycles. The highest BCUT2D eigenvalue weighted by atomic mass is 32.1. The zero-order chi connectivity index (χ0) is 26.7. The van der Waals surface area contributed by atoms with Gasteiger partial charge in [-0.05, 0) is 37.4 Å². The number of carbonyl (C=O) groups is 4. The van der Waals surface area contributed by atoms with Crippen molar-refractivity contribution < 1.29 is 29.4 Å². The van der Waals surface area contributed by atoms with Crippen LogP contribution in [0.25, 0.3) is 10.9 Å². The molecule has 0 aliphatic heterocycles. The van der Waals surface area contributed by atoms with Gasteiger partial charge < -0.3 is 42.6 Å². The van der Waals surface area contributed by atoms with E-state index in [-0.39, 0.29) is 18.6 Å². The number of rotatable bonds is 15. The molecule has 0 aliphatic carbocycles. The number of aromatic nitrogens is 1. The van der Waals surface area contributed by atoms with Gasteiger partial charge in [0.25, 0.3) is 0 Å². The summed E-state index contributed by atoms with van der Waals surface area (Å²) >= 11 is 4.10. The van der Waals surface area contributed by atoms with Crippen molar-refractivity contribution in [2.45, 2.75) is 49.9 Å². The summed E-state index contributed by atoms with van der Waals surface area (Å²) in [6.07, 6.45) is 3.06. The molecule has 13 heteroatoms. The van der Waals surface area contributed by atoms with Crippen LogP contribution >= 0.6 is 12.6 Å². The quantitative estimate of drug-likeness (QED) is 0.100. The number of carboxylic acids is 1. The molecule has 0 radical (unpaired) electrons. The monoisotopic (exact) mass is 522 g/mol. The Hall–Kier alpha value is -3.13. The van der Waals surface area contributed by atoms with E-state index >= 15 is 0 Å². The number of amides is 3. The molecule has 1 heterocycles. The molecule has 2 rings (SSSR count). The second kappa shape index (κ2) is 14.4. The lowest BCUT2D eigenvalue weighted by Gasteiger charge is -2.24. The fraction of sp³-hybridized carbons (Fsp3) is 0.478. The van der Waals surface area contributed by atoms with Gasteiger partial charge in [-0.1, -0.05) is 18.2 Å². The number of benzene rings is 1. The summed E-state index contributed by atoms with van der Waals surface area (Å²) in [6.45, 7) is -0.213. The second-order valence-electron chi connectivity index (χ2n) is 8.34. The van der Waals surface area contributed by atoms with Crippen LogP contribution in [-0.2, 0) is 25.6 Å². The molecule has 0 saturated heterocycles. The van der Waals surface area contributed by atoms with Crippen molar-refractivity contribution in [1.82, 2.24) is 20.9 Å². The SMILES string of the molecule is NCCCCC(NC(=O)C(Cc1c[nH]c2ccccc12)NC(=O)C(CS)NC(=O)C(N)CO)C(=O)O. The molecular formula is C23H34N6O6S. The van der Waals surface area contributed by atoms with E-state index in [2.05, 4.69) is 33.6 Å². The predicted molar refractivity (Wildman–Crippen MR) is 137 cm³/mol. The van der Waals surface area contributed by atoms with Gasteiger partial charge in [0.1, 0.15) is 24.2 Å². The normalized spacial score (nSPS) is 14.4. The molecule has 10 N–H and O–H groups in total. The molecule has 0 bridgehead atoms. The summed E-state index contributed by atoms with van der Waals surface area (Å²) in [5, 5.41) is 27.0. The number of carboxylic acid groups (broad SMARTS) is 1. The number of aliphatic hydroxyl groups excluding tert-OH is 1. The Bertz CT molecular complexity index is 1050. The predicted octanol–water partition coefficient (Wildman–Crippen LogP) is -1.37.